The first-order valence-corrected chi connectivity index (χ1v) is 8.46. The average molecular weight is 312 g/mol. The Labute approximate surface area is 122 Å². The molecule has 0 amide bonds. The highest BCUT2D eigenvalue weighted by Crippen LogP contribution is 2.29. The van der Waals surface area contributed by atoms with Gasteiger partial charge in [-0.15, -0.1) is 0 Å². The van der Waals surface area contributed by atoms with Crippen molar-refractivity contribution in [1.29, 1.82) is 0 Å². The van der Waals surface area contributed by atoms with Crippen molar-refractivity contribution >= 4 is 27.3 Å². The molecule has 1 aromatic heterocycles. The number of nitrogen functional groups attached to an aromatic ring is 1. The first-order chi connectivity index (χ1) is 9.44. The summed E-state index contributed by atoms with van der Waals surface area (Å²) in [5, 5.41) is 5.06. The summed E-state index contributed by atoms with van der Waals surface area (Å²) < 4.78 is 24.7. The second-order valence-corrected chi connectivity index (χ2v) is 7.63. The van der Waals surface area contributed by atoms with Crippen LogP contribution in [-0.4, -0.2) is 29.7 Å². The third kappa shape index (κ3) is 2.53. The fourth-order valence-corrected chi connectivity index (χ4v) is 4.34. The van der Waals surface area contributed by atoms with Crippen LogP contribution in [0.5, 0.6) is 0 Å². The fourth-order valence-electron chi connectivity index (χ4n) is 2.46. The molecule has 2 N–H and O–H groups in total. The summed E-state index contributed by atoms with van der Waals surface area (Å²) in [6.07, 6.45) is 0.559. The van der Waals surface area contributed by atoms with Crippen molar-refractivity contribution in [3.8, 4) is 11.3 Å². The second kappa shape index (κ2) is 4.79. The molecule has 1 atom stereocenters. The van der Waals surface area contributed by atoms with Gasteiger partial charge >= 0.3 is 0 Å². The van der Waals surface area contributed by atoms with Crippen LogP contribution < -0.4 is 5.73 Å². The molecule has 1 saturated heterocycles. The van der Waals surface area contributed by atoms with E-state index in [9.17, 15) is 8.42 Å². The van der Waals surface area contributed by atoms with Crippen LogP contribution >= 0.6 is 11.6 Å². The summed E-state index contributed by atoms with van der Waals surface area (Å²) in [6, 6.07) is 8.90. The number of aromatic nitrogens is 2. The molecule has 2 aromatic rings. The maximum absolute atomic E-state index is 11.5. The van der Waals surface area contributed by atoms with Crippen molar-refractivity contribution in [2.75, 3.05) is 17.2 Å². The summed E-state index contributed by atoms with van der Waals surface area (Å²) in [5.74, 6) is 0.777. The Morgan fingerprint density at radius 1 is 1.35 bits per heavy atom. The second-order valence-electron chi connectivity index (χ2n) is 4.97. The maximum atomic E-state index is 11.5. The van der Waals surface area contributed by atoms with Crippen LogP contribution in [0.2, 0.25) is 5.02 Å². The number of anilines is 1. The molecule has 7 heteroatoms. The van der Waals surface area contributed by atoms with E-state index in [2.05, 4.69) is 5.10 Å². The van der Waals surface area contributed by atoms with E-state index in [4.69, 9.17) is 17.3 Å². The third-order valence-electron chi connectivity index (χ3n) is 3.44. The Hall–Kier alpha value is -1.53. The zero-order chi connectivity index (χ0) is 14.3. The molecule has 3 rings (SSSR count). The summed E-state index contributed by atoms with van der Waals surface area (Å²) in [5.41, 5.74) is 7.53. The molecular weight excluding hydrogens is 298 g/mol. The molecule has 1 aliphatic heterocycles. The van der Waals surface area contributed by atoms with Crippen molar-refractivity contribution in [3.63, 3.8) is 0 Å². The van der Waals surface area contributed by atoms with Crippen molar-refractivity contribution in [3.05, 3.63) is 35.4 Å². The lowest BCUT2D eigenvalue weighted by Gasteiger charge is -2.09. The SMILES string of the molecule is Nc1cc(-c2cccc(Cl)c2)nn1C1CCS(=O)(=O)C1. The van der Waals surface area contributed by atoms with Gasteiger partial charge in [0.15, 0.2) is 9.84 Å². The quantitative estimate of drug-likeness (QED) is 0.921. The number of benzene rings is 1. The zero-order valence-corrected chi connectivity index (χ0v) is 12.2. The molecule has 0 radical (unpaired) electrons. The summed E-state index contributed by atoms with van der Waals surface area (Å²) in [7, 11) is -2.96. The van der Waals surface area contributed by atoms with Crippen molar-refractivity contribution in [2.45, 2.75) is 12.5 Å². The molecule has 0 saturated carbocycles. The molecule has 20 heavy (non-hydrogen) atoms. The monoisotopic (exact) mass is 311 g/mol. The summed E-state index contributed by atoms with van der Waals surface area (Å²) >= 11 is 5.96. The first kappa shape index (κ1) is 13.5. The number of rotatable bonds is 2. The molecule has 106 valence electrons. The van der Waals surface area contributed by atoms with Crippen molar-refractivity contribution in [1.82, 2.24) is 9.78 Å². The summed E-state index contributed by atoms with van der Waals surface area (Å²) in [4.78, 5) is 0. The Morgan fingerprint density at radius 3 is 2.80 bits per heavy atom. The standard InChI is InChI=1S/C13H14ClN3O2S/c14-10-3-1-2-9(6-10)12-7-13(15)17(16-12)11-4-5-20(18,19)8-11/h1-3,6-7,11H,4-5,8,15H2. The maximum Gasteiger partial charge on any atom is 0.152 e. The van der Waals surface area contributed by atoms with E-state index in [1.54, 1.807) is 22.9 Å². The Morgan fingerprint density at radius 2 is 2.15 bits per heavy atom. The number of nitrogens with zero attached hydrogens (tertiary/aromatic N) is 2. The highest BCUT2D eigenvalue weighted by Gasteiger charge is 2.31. The minimum atomic E-state index is -2.96. The largest absolute Gasteiger partial charge is 0.384 e. The minimum absolute atomic E-state index is 0.105. The Kier molecular flexibility index (Phi) is 3.22. The summed E-state index contributed by atoms with van der Waals surface area (Å²) in [6.45, 7) is 0. The Balaban J connectivity index is 1.96. The van der Waals surface area contributed by atoms with Gasteiger partial charge in [-0.1, -0.05) is 23.7 Å². The van der Waals surface area contributed by atoms with Gasteiger partial charge in [0.1, 0.15) is 5.82 Å². The van der Waals surface area contributed by atoms with Gasteiger partial charge in [0.2, 0.25) is 0 Å². The van der Waals surface area contributed by atoms with Crippen LogP contribution in [0.15, 0.2) is 30.3 Å². The lowest BCUT2D eigenvalue weighted by Crippen LogP contribution is -2.14. The topological polar surface area (TPSA) is 78.0 Å². The van der Waals surface area contributed by atoms with Gasteiger partial charge in [-0.3, -0.25) is 0 Å². The van der Waals surface area contributed by atoms with E-state index in [1.807, 2.05) is 12.1 Å². The van der Waals surface area contributed by atoms with Gasteiger partial charge in [0, 0.05) is 16.7 Å². The van der Waals surface area contributed by atoms with Crippen LogP contribution in [0.4, 0.5) is 5.82 Å². The van der Waals surface area contributed by atoms with Crippen LogP contribution in [-0.2, 0) is 9.84 Å². The van der Waals surface area contributed by atoms with E-state index >= 15 is 0 Å². The van der Waals surface area contributed by atoms with Crippen LogP contribution in [0.25, 0.3) is 11.3 Å². The minimum Gasteiger partial charge on any atom is -0.384 e. The van der Waals surface area contributed by atoms with E-state index in [-0.39, 0.29) is 17.5 Å². The van der Waals surface area contributed by atoms with Gasteiger partial charge in [0.05, 0.1) is 23.2 Å². The van der Waals surface area contributed by atoms with Crippen LogP contribution in [0.1, 0.15) is 12.5 Å². The fraction of sp³-hybridized carbons (Fsp3) is 0.308. The Bertz CT molecular complexity index is 755. The molecule has 1 fully saturated rings. The van der Waals surface area contributed by atoms with Gasteiger partial charge < -0.3 is 5.73 Å². The average Bonchev–Trinajstić information content (AvgIpc) is 2.92. The zero-order valence-electron chi connectivity index (χ0n) is 10.7. The molecule has 2 heterocycles. The van der Waals surface area contributed by atoms with E-state index in [1.165, 1.54) is 0 Å². The highest BCUT2D eigenvalue weighted by atomic mass is 35.5. The van der Waals surface area contributed by atoms with Gasteiger partial charge in [0.25, 0.3) is 0 Å². The van der Waals surface area contributed by atoms with Crippen molar-refractivity contribution < 1.29 is 8.42 Å². The molecule has 0 bridgehead atoms. The van der Waals surface area contributed by atoms with E-state index < -0.39 is 9.84 Å². The normalized spacial score (nSPS) is 21.1. The number of nitrogens with two attached hydrogens (primary N) is 1. The van der Waals surface area contributed by atoms with Crippen LogP contribution in [0, 0.1) is 0 Å². The number of hydrogen-bond donors (Lipinski definition) is 1. The van der Waals surface area contributed by atoms with Gasteiger partial charge in [-0.25, -0.2) is 13.1 Å². The smallest absolute Gasteiger partial charge is 0.152 e. The predicted molar refractivity (Wildman–Crippen MR) is 79.4 cm³/mol. The van der Waals surface area contributed by atoms with E-state index in [0.717, 1.165) is 5.56 Å². The van der Waals surface area contributed by atoms with E-state index in [0.29, 0.717) is 23.0 Å². The van der Waals surface area contributed by atoms with Gasteiger partial charge in [-0.2, -0.15) is 5.10 Å². The number of hydrogen-bond acceptors (Lipinski definition) is 4. The van der Waals surface area contributed by atoms with Gasteiger partial charge in [-0.05, 0) is 18.6 Å². The molecule has 0 aliphatic carbocycles. The molecule has 1 aromatic carbocycles. The first-order valence-electron chi connectivity index (χ1n) is 6.26. The molecule has 5 nitrogen and oxygen atoms in total. The van der Waals surface area contributed by atoms with Crippen molar-refractivity contribution in [2.24, 2.45) is 0 Å². The lowest BCUT2D eigenvalue weighted by molar-refractivity contribution is 0.508. The third-order valence-corrected chi connectivity index (χ3v) is 5.42. The molecule has 0 spiro atoms. The lowest BCUT2D eigenvalue weighted by atomic mass is 10.1. The highest BCUT2D eigenvalue weighted by molar-refractivity contribution is 7.91. The number of halogens is 1. The van der Waals surface area contributed by atoms with Crippen LogP contribution in [0.3, 0.4) is 0 Å². The molecular formula is C13H14ClN3O2S. The molecule has 1 unspecified atom stereocenters. The predicted octanol–water partition coefficient (Wildman–Crippen LogP) is 2.15. The number of sulfone groups is 1. The molecule has 1 aliphatic rings.